The number of nitrogens with one attached hydrogen (secondary N) is 2. The number of nitriles is 1. The lowest BCUT2D eigenvalue weighted by Crippen LogP contribution is -2.54. The van der Waals surface area contributed by atoms with Crippen LogP contribution in [0.15, 0.2) is 48.5 Å². The molecular weight excluding hydrogens is 379 g/mol. The highest BCUT2D eigenvalue weighted by molar-refractivity contribution is 5.56. The summed E-state index contributed by atoms with van der Waals surface area (Å²) in [5, 5.41) is 15.6. The van der Waals surface area contributed by atoms with Crippen molar-refractivity contribution in [1.82, 2.24) is 5.32 Å². The number of halogens is 3. The van der Waals surface area contributed by atoms with Crippen LogP contribution >= 0.6 is 0 Å². The minimum absolute atomic E-state index is 0.0144. The number of rotatable bonds is 6. The molecule has 0 spiro atoms. The predicted molar refractivity (Wildman–Crippen MR) is 105 cm³/mol. The Morgan fingerprint density at radius 3 is 2.45 bits per heavy atom. The average molecular weight is 403 g/mol. The summed E-state index contributed by atoms with van der Waals surface area (Å²) in [6.07, 6.45) is -3.16. The van der Waals surface area contributed by atoms with Crippen LogP contribution in [0.4, 0.5) is 18.9 Å². The molecule has 2 N–H and O–H groups in total. The van der Waals surface area contributed by atoms with Crippen LogP contribution in [0.5, 0.6) is 0 Å². The van der Waals surface area contributed by atoms with Gasteiger partial charge in [0.25, 0.3) is 0 Å². The first kappa shape index (κ1) is 21.2. The molecule has 29 heavy (non-hydrogen) atoms. The molecule has 3 rings (SSSR count). The highest BCUT2D eigenvalue weighted by atomic mass is 19.4. The molecule has 4 nitrogen and oxygen atoms in total. The Labute approximate surface area is 168 Å². The Kier molecular flexibility index (Phi) is 6.46. The van der Waals surface area contributed by atoms with Gasteiger partial charge in [0.2, 0.25) is 0 Å². The molecule has 2 aromatic rings. The van der Waals surface area contributed by atoms with E-state index in [2.05, 4.69) is 17.6 Å². The lowest BCUT2D eigenvalue weighted by atomic mass is 9.88. The molecule has 0 bridgehead atoms. The summed E-state index contributed by atoms with van der Waals surface area (Å²) in [6.45, 7) is 3.48. The van der Waals surface area contributed by atoms with Crippen molar-refractivity contribution in [2.75, 3.05) is 25.1 Å². The highest BCUT2D eigenvalue weighted by Crippen LogP contribution is 2.36. The van der Waals surface area contributed by atoms with Gasteiger partial charge in [0, 0.05) is 37.0 Å². The van der Waals surface area contributed by atoms with Gasteiger partial charge in [0.05, 0.1) is 17.2 Å². The molecule has 0 aromatic heterocycles. The third-order valence-corrected chi connectivity index (χ3v) is 5.34. The van der Waals surface area contributed by atoms with Crippen molar-refractivity contribution in [2.45, 2.75) is 37.5 Å². The van der Waals surface area contributed by atoms with Crippen molar-refractivity contribution in [1.29, 1.82) is 5.26 Å². The van der Waals surface area contributed by atoms with Crippen LogP contribution < -0.4 is 10.6 Å². The summed E-state index contributed by atoms with van der Waals surface area (Å²) in [6, 6.07) is 15.4. The number of benzene rings is 2. The first-order valence-corrected chi connectivity index (χ1v) is 9.59. The molecule has 154 valence electrons. The maximum absolute atomic E-state index is 13.5. The summed E-state index contributed by atoms with van der Waals surface area (Å²) in [5.41, 5.74) is -0.136. The molecule has 0 saturated carbocycles. The SMILES string of the molecule is CC(NC1(CNc2ccc(C#N)cc2C(F)(F)F)CCOCC1)c1ccccc1. The van der Waals surface area contributed by atoms with Crippen LogP contribution in [0.25, 0.3) is 0 Å². The van der Waals surface area contributed by atoms with Gasteiger partial charge in [0.1, 0.15) is 0 Å². The van der Waals surface area contributed by atoms with E-state index in [1.165, 1.54) is 12.1 Å². The van der Waals surface area contributed by atoms with Gasteiger partial charge in [-0.3, -0.25) is 0 Å². The molecule has 1 aliphatic heterocycles. The van der Waals surface area contributed by atoms with E-state index < -0.39 is 17.3 Å². The van der Waals surface area contributed by atoms with Crippen LogP contribution in [0.2, 0.25) is 0 Å². The zero-order chi connectivity index (χ0) is 20.9. The Bertz CT molecular complexity index is 856. The fourth-order valence-corrected chi connectivity index (χ4v) is 3.69. The van der Waals surface area contributed by atoms with Crippen LogP contribution in [0.3, 0.4) is 0 Å². The molecule has 1 atom stereocenters. The molecule has 1 heterocycles. The summed E-state index contributed by atoms with van der Waals surface area (Å²) in [4.78, 5) is 0. The van der Waals surface area contributed by atoms with E-state index in [-0.39, 0.29) is 17.3 Å². The zero-order valence-electron chi connectivity index (χ0n) is 16.2. The number of nitrogens with zero attached hydrogens (tertiary/aromatic N) is 1. The van der Waals surface area contributed by atoms with E-state index in [0.717, 1.165) is 11.6 Å². The standard InChI is InChI=1S/C22H24F3N3O/c1-16(18-5-3-2-4-6-18)28-21(9-11-29-12-10-21)15-27-20-8-7-17(14-26)13-19(20)22(23,24)25/h2-8,13,16,27-28H,9-12,15H2,1H3. The van der Waals surface area contributed by atoms with Gasteiger partial charge < -0.3 is 15.4 Å². The maximum atomic E-state index is 13.5. The second-order valence-corrected chi connectivity index (χ2v) is 7.39. The predicted octanol–water partition coefficient (Wildman–Crippen LogP) is 4.89. The highest BCUT2D eigenvalue weighted by Gasteiger charge is 2.37. The molecule has 7 heteroatoms. The van der Waals surface area contributed by atoms with Crippen LogP contribution in [-0.2, 0) is 10.9 Å². The van der Waals surface area contributed by atoms with Gasteiger partial charge >= 0.3 is 6.18 Å². The molecule has 0 radical (unpaired) electrons. The largest absolute Gasteiger partial charge is 0.418 e. The van der Waals surface area contributed by atoms with Gasteiger partial charge in [-0.25, -0.2) is 0 Å². The number of hydrogen-bond donors (Lipinski definition) is 2. The van der Waals surface area contributed by atoms with E-state index in [0.29, 0.717) is 32.6 Å². The Hall–Kier alpha value is -2.56. The summed E-state index contributed by atoms with van der Waals surface area (Å²) < 4.78 is 45.9. The van der Waals surface area contributed by atoms with E-state index in [1.807, 2.05) is 30.3 Å². The van der Waals surface area contributed by atoms with Gasteiger partial charge in [-0.05, 0) is 43.5 Å². The lowest BCUT2D eigenvalue weighted by Gasteiger charge is -2.41. The fourth-order valence-electron chi connectivity index (χ4n) is 3.69. The third kappa shape index (κ3) is 5.28. The van der Waals surface area contributed by atoms with Crippen molar-refractivity contribution in [3.8, 4) is 6.07 Å². The van der Waals surface area contributed by atoms with Crippen molar-refractivity contribution in [2.24, 2.45) is 0 Å². The number of hydrogen-bond acceptors (Lipinski definition) is 4. The monoisotopic (exact) mass is 403 g/mol. The molecule has 1 aliphatic rings. The molecule has 1 unspecified atom stereocenters. The second kappa shape index (κ2) is 8.85. The summed E-state index contributed by atoms with van der Waals surface area (Å²) >= 11 is 0. The fraction of sp³-hybridized carbons (Fsp3) is 0.409. The van der Waals surface area contributed by atoms with E-state index in [1.54, 1.807) is 6.07 Å². The van der Waals surface area contributed by atoms with E-state index in [4.69, 9.17) is 10.00 Å². The topological polar surface area (TPSA) is 57.1 Å². The van der Waals surface area contributed by atoms with E-state index in [9.17, 15) is 13.2 Å². The number of ether oxygens (including phenoxy) is 1. The van der Waals surface area contributed by atoms with E-state index >= 15 is 0 Å². The Morgan fingerprint density at radius 2 is 1.83 bits per heavy atom. The van der Waals surface area contributed by atoms with Crippen molar-refractivity contribution in [3.05, 3.63) is 65.2 Å². The van der Waals surface area contributed by atoms with Crippen molar-refractivity contribution < 1.29 is 17.9 Å². The number of anilines is 1. The van der Waals surface area contributed by atoms with Gasteiger partial charge in [-0.2, -0.15) is 18.4 Å². The van der Waals surface area contributed by atoms with Crippen molar-refractivity contribution in [3.63, 3.8) is 0 Å². The van der Waals surface area contributed by atoms with Crippen LogP contribution in [-0.4, -0.2) is 25.3 Å². The molecule has 1 fully saturated rings. The maximum Gasteiger partial charge on any atom is 0.418 e. The smallest absolute Gasteiger partial charge is 0.383 e. The molecule has 0 aliphatic carbocycles. The molecular formula is C22H24F3N3O. The Balaban J connectivity index is 1.81. The second-order valence-electron chi connectivity index (χ2n) is 7.39. The van der Waals surface area contributed by atoms with Gasteiger partial charge in [-0.15, -0.1) is 0 Å². The van der Waals surface area contributed by atoms with Crippen LogP contribution in [0, 0.1) is 11.3 Å². The van der Waals surface area contributed by atoms with Crippen LogP contribution in [0.1, 0.15) is 42.5 Å². The van der Waals surface area contributed by atoms with Gasteiger partial charge in [0.15, 0.2) is 0 Å². The summed E-state index contributed by atoms with van der Waals surface area (Å²) in [5.74, 6) is 0. The normalized spacial score (nSPS) is 17.3. The molecule has 2 aromatic carbocycles. The molecule has 1 saturated heterocycles. The summed E-state index contributed by atoms with van der Waals surface area (Å²) in [7, 11) is 0. The van der Waals surface area contributed by atoms with Crippen molar-refractivity contribution >= 4 is 5.69 Å². The van der Waals surface area contributed by atoms with Gasteiger partial charge in [-0.1, -0.05) is 30.3 Å². The third-order valence-electron chi connectivity index (χ3n) is 5.34. The first-order valence-electron chi connectivity index (χ1n) is 9.59. The Morgan fingerprint density at radius 1 is 1.14 bits per heavy atom. The number of alkyl halides is 3. The molecule has 0 amide bonds. The first-order chi connectivity index (χ1) is 13.8. The minimum atomic E-state index is -4.54. The zero-order valence-corrected chi connectivity index (χ0v) is 16.2. The quantitative estimate of drug-likeness (QED) is 0.721. The minimum Gasteiger partial charge on any atom is -0.383 e. The lowest BCUT2D eigenvalue weighted by molar-refractivity contribution is -0.137. The average Bonchev–Trinajstić information content (AvgIpc) is 2.73.